The maximum absolute atomic E-state index is 12.3. The van der Waals surface area contributed by atoms with E-state index in [4.69, 9.17) is 10.5 Å². The molecule has 0 aromatic carbocycles. The molecule has 0 unspecified atom stereocenters. The quantitative estimate of drug-likeness (QED) is 0.691. The fourth-order valence-electron chi connectivity index (χ4n) is 3.11. The first-order valence-corrected chi connectivity index (χ1v) is 7.40. The van der Waals surface area contributed by atoms with Crippen LogP contribution in [-0.4, -0.2) is 42.9 Å². The van der Waals surface area contributed by atoms with Crippen LogP contribution in [0.1, 0.15) is 38.5 Å². The van der Waals surface area contributed by atoms with Crippen molar-refractivity contribution < 1.29 is 14.6 Å². The molecule has 0 aromatic heterocycles. The molecule has 110 valence electrons. The number of hydrogen-bond acceptors (Lipinski definition) is 4. The second-order valence-corrected chi connectivity index (χ2v) is 5.99. The van der Waals surface area contributed by atoms with E-state index in [0.29, 0.717) is 32.0 Å². The van der Waals surface area contributed by atoms with Gasteiger partial charge in [0.2, 0.25) is 5.91 Å². The van der Waals surface area contributed by atoms with E-state index in [-0.39, 0.29) is 18.4 Å². The molecule has 1 amide bonds. The van der Waals surface area contributed by atoms with Crippen LogP contribution in [0.2, 0.25) is 0 Å². The lowest BCUT2D eigenvalue weighted by molar-refractivity contribution is -0.130. The van der Waals surface area contributed by atoms with Gasteiger partial charge in [0, 0.05) is 19.1 Å². The van der Waals surface area contributed by atoms with Crippen LogP contribution in [0.25, 0.3) is 0 Å². The van der Waals surface area contributed by atoms with Gasteiger partial charge in [-0.25, -0.2) is 0 Å². The molecule has 1 aliphatic heterocycles. The minimum atomic E-state index is -0.458. The number of rotatable bonds is 4. The summed E-state index contributed by atoms with van der Waals surface area (Å²) in [6, 6.07) is 0. The zero-order chi connectivity index (χ0) is 13.7. The van der Waals surface area contributed by atoms with Gasteiger partial charge in [-0.2, -0.15) is 0 Å². The lowest BCUT2D eigenvalue weighted by atomic mass is 9.80. The molecule has 0 spiro atoms. The van der Waals surface area contributed by atoms with Crippen molar-refractivity contribution in [1.82, 2.24) is 5.32 Å². The molecule has 1 aliphatic carbocycles. The lowest BCUT2D eigenvalue weighted by Crippen LogP contribution is -2.56. The van der Waals surface area contributed by atoms with Crippen LogP contribution >= 0.6 is 0 Å². The van der Waals surface area contributed by atoms with Gasteiger partial charge in [-0.1, -0.05) is 0 Å². The van der Waals surface area contributed by atoms with Gasteiger partial charge in [-0.15, -0.1) is 0 Å². The minimum Gasteiger partial charge on any atom is -0.394 e. The molecule has 1 saturated heterocycles. The number of nitrogens with two attached hydrogens (primary N) is 1. The Kier molecular flexibility index (Phi) is 5.19. The van der Waals surface area contributed by atoms with E-state index < -0.39 is 5.54 Å². The predicted molar refractivity (Wildman–Crippen MR) is 72.5 cm³/mol. The van der Waals surface area contributed by atoms with E-state index >= 15 is 0 Å². The standard InChI is InChI=1S/C14H26N2O3/c15-9-11-1-3-12(4-2-11)13(18)16-14(10-17)5-7-19-8-6-14/h11-12,17H,1-10,15H2,(H,16,18). The van der Waals surface area contributed by atoms with Gasteiger partial charge in [0.05, 0.1) is 12.1 Å². The van der Waals surface area contributed by atoms with Crippen molar-refractivity contribution >= 4 is 5.91 Å². The maximum atomic E-state index is 12.3. The Bertz CT molecular complexity index is 295. The molecule has 1 heterocycles. The molecule has 19 heavy (non-hydrogen) atoms. The summed E-state index contributed by atoms with van der Waals surface area (Å²) >= 11 is 0. The minimum absolute atomic E-state index is 0.000243. The highest BCUT2D eigenvalue weighted by atomic mass is 16.5. The molecule has 2 rings (SSSR count). The molecule has 0 bridgehead atoms. The summed E-state index contributed by atoms with van der Waals surface area (Å²) in [5.74, 6) is 0.777. The Hall–Kier alpha value is -0.650. The van der Waals surface area contributed by atoms with Crippen molar-refractivity contribution in [3.05, 3.63) is 0 Å². The van der Waals surface area contributed by atoms with Gasteiger partial charge in [0.25, 0.3) is 0 Å². The largest absolute Gasteiger partial charge is 0.394 e. The van der Waals surface area contributed by atoms with Crippen molar-refractivity contribution in [3.8, 4) is 0 Å². The van der Waals surface area contributed by atoms with E-state index in [2.05, 4.69) is 5.32 Å². The SMILES string of the molecule is NCC1CCC(C(=O)NC2(CO)CCOCC2)CC1. The van der Waals surface area contributed by atoms with Gasteiger partial charge >= 0.3 is 0 Å². The summed E-state index contributed by atoms with van der Waals surface area (Å²) in [5.41, 5.74) is 5.21. The second kappa shape index (κ2) is 6.68. The van der Waals surface area contributed by atoms with Crippen molar-refractivity contribution in [1.29, 1.82) is 0 Å². The van der Waals surface area contributed by atoms with E-state index in [1.807, 2.05) is 0 Å². The molecule has 5 heteroatoms. The number of aliphatic hydroxyl groups excluding tert-OH is 1. The Labute approximate surface area is 114 Å². The summed E-state index contributed by atoms with van der Waals surface area (Å²) < 4.78 is 5.31. The highest BCUT2D eigenvalue weighted by Crippen LogP contribution is 2.29. The Balaban J connectivity index is 1.86. The third-order valence-corrected chi connectivity index (χ3v) is 4.69. The van der Waals surface area contributed by atoms with E-state index in [1.54, 1.807) is 0 Å². The topological polar surface area (TPSA) is 84.6 Å². The number of hydrogen-bond donors (Lipinski definition) is 3. The maximum Gasteiger partial charge on any atom is 0.223 e. The third kappa shape index (κ3) is 3.68. The Morgan fingerprint density at radius 2 is 1.89 bits per heavy atom. The highest BCUT2D eigenvalue weighted by molar-refractivity contribution is 5.79. The van der Waals surface area contributed by atoms with Crippen LogP contribution in [0.4, 0.5) is 0 Å². The number of carbonyl (C=O) groups is 1. The molecular formula is C14H26N2O3. The number of ether oxygens (including phenoxy) is 1. The fraction of sp³-hybridized carbons (Fsp3) is 0.929. The molecule has 0 atom stereocenters. The number of carbonyl (C=O) groups excluding carboxylic acids is 1. The zero-order valence-electron chi connectivity index (χ0n) is 11.6. The smallest absolute Gasteiger partial charge is 0.223 e. The van der Waals surface area contributed by atoms with Crippen LogP contribution in [0, 0.1) is 11.8 Å². The normalized spacial score (nSPS) is 30.8. The van der Waals surface area contributed by atoms with Crippen LogP contribution < -0.4 is 11.1 Å². The molecule has 0 radical (unpaired) electrons. The van der Waals surface area contributed by atoms with Crippen molar-refractivity contribution in [2.45, 2.75) is 44.1 Å². The van der Waals surface area contributed by atoms with Crippen LogP contribution in [0.15, 0.2) is 0 Å². The molecule has 5 nitrogen and oxygen atoms in total. The van der Waals surface area contributed by atoms with Gasteiger partial charge in [-0.05, 0) is 51.0 Å². The summed E-state index contributed by atoms with van der Waals surface area (Å²) in [7, 11) is 0. The predicted octanol–water partition coefficient (Wildman–Crippen LogP) is 0.409. The molecular weight excluding hydrogens is 244 g/mol. The first-order valence-electron chi connectivity index (χ1n) is 7.40. The van der Waals surface area contributed by atoms with Crippen molar-refractivity contribution in [2.24, 2.45) is 17.6 Å². The van der Waals surface area contributed by atoms with E-state index in [9.17, 15) is 9.90 Å². The molecule has 0 aromatic rings. The second-order valence-electron chi connectivity index (χ2n) is 5.99. The fourth-order valence-corrected chi connectivity index (χ4v) is 3.11. The van der Waals surface area contributed by atoms with Gasteiger partial charge in [0.15, 0.2) is 0 Å². The first kappa shape index (κ1) is 14.8. The van der Waals surface area contributed by atoms with E-state index in [1.165, 1.54) is 0 Å². The summed E-state index contributed by atoms with van der Waals surface area (Å²) in [4.78, 5) is 12.3. The number of amides is 1. The highest BCUT2D eigenvalue weighted by Gasteiger charge is 2.36. The monoisotopic (exact) mass is 270 g/mol. The summed E-state index contributed by atoms with van der Waals surface area (Å²) in [5, 5.41) is 12.7. The Morgan fingerprint density at radius 3 is 2.42 bits per heavy atom. The zero-order valence-corrected chi connectivity index (χ0v) is 11.6. The molecule has 2 fully saturated rings. The molecule has 2 aliphatic rings. The summed E-state index contributed by atoms with van der Waals surface area (Å²) in [6.45, 7) is 1.95. The molecule has 1 saturated carbocycles. The van der Waals surface area contributed by atoms with Crippen molar-refractivity contribution in [2.75, 3.05) is 26.4 Å². The van der Waals surface area contributed by atoms with E-state index in [0.717, 1.165) is 32.2 Å². The Morgan fingerprint density at radius 1 is 1.26 bits per heavy atom. The molecule has 4 N–H and O–H groups in total. The van der Waals surface area contributed by atoms with Gasteiger partial charge in [0.1, 0.15) is 0 Å². The number of nitrogens with one attached hydrogen (secondary N) is 1. The lowest BCUT2D eigenvalue weighted by Gasteiger charge is -2.38. The van der Waals surface area contributed by atoms with Gasteiger partial charge in [-0.3, -0.25) is 4.79 Å². The van der Waals surface area contributed by atoms with Crippen molar-refractivity contribution in [3.63, 3.8) is 0 Å². The average molecular weight is 270 g/mol. The van der Waals surface area contributed by atoms with Gasteiger partial charge < -0.3 is 20.9 Å². The summed E-state index contributed by atoms with van der Waals surface area (Å²) in [6.07, 6.45) is 5.34. The first-order chi connectivity index (χ1) is 9.19. The van der Waals surface area contributed by atoms with Crippen LogP contribution in [-0.2, 0) is 9.53 Å². The number of aliphatic hydroxyl groups is 1. The average Bonchev–Trinajstić information content (AvgIpc) is 2.48. The third-order valence-electron chi connectivity index (χ3n) is 4.69. The van der Waals surface area contributed by atoms with Crippen LogP contribution in [0.5, 0.6) is 0 Å². The van der Waals surface area contributed by atoms with Crippen LogP contribution in [0.3, 0.4) is 0 Å².